The number of aromatic nitrogens is 1. The minimum Gasteiger partial charge on any atom is -0.478 e. The third kappa shape index (κ3) is 2.07. The van der Waals surface area contributed by atoms with Crippen molar-refractivity contribution in [1.82, 2.24) is 4.98 Å². The van der Waals surface area contributed by atoms with Gasteiger partial charge in [-0.1, -0.05) is 30.3 Å². The number of carboxylic acids is 1. The molecule has 0 bridgehead atoms. The fourth-order valence-corrected chi connectivity index (χ4v) is 2.16. The number of hydrogen-bond acceptors (Lipinski definition) is 2. The fraction of sp³-hybridized carbons (Fsp3) is 0. The summed E-state index contributed by atoms with van der Waals surface area (Å²) in [7, 11) is 0. The molecule has 0 unspecified atom stereocenters. The van der Waals surface area contributed by atoms with Gasteiger partial charge in [0.15, 0.2) is 0 Å². The lowest BCUT2D eigenvalue weighted by atomic mass is 10.1. The Morgan fingerprint density at radius 2 is 1.70 bits per heavy atom. The largest absolute Gasteiger partial charge is 0.478 e. The molecule has 0 aliphatic heterocycles. The number of rotatable bonds is 2. The molecule has 20 heavy (non-hydrogen) atoms. The van der Waals surface area contributed by atoms with E-state index >= 15 is 0 Å². The van der Waals surface area contributed by atoms with Crippen molar-refractivity contribution in [1.29, 1.82) is 0 Å². The van der Waals surface area contributed by atoms with E-state index in [0.717, 1.165) is 10.9 Å². The van der Waals surface area contributed by atoms with Gasteiger partial charge < -0.3 is 10.1 Å². The van der Waals surface area contributed by atoms with Crippen LogP contribution >= 0.6 is 0 Å². The topological polar surface area (TPSA) is 70.2 Å². The molecule has 2 aromatic carbocycles. The number of benzene rings is 2. The van der Waals surface area contributed by atoms with E-state index in [1.54, 1.807) is 18.2 Å². The highest BCUT2D eigenvalue weighted by Crippen LogP contribution is 2.20. The van der Waals surface area contributed by atoms with Crippen LogP contribution in [0, 0.1) is 0 Å². The Morgan fingerprint density at radius 1 is 1.00 bits per heavy atom. The van der Waals surface area contributed by atoms with Gasteiger partial charge in [0.1, 0.15) is 0 Å². The molecule has 0 aliphatic carbocycles. The Morgan fingerprint density at radius 3 is 2.40 bits per heavy atom. The Hall–Kier alpha value is -2.88. The van der Waals surface area contributed by atoms with Gasteiger partial charge in [-0.05, 0) is 35.2 Å². The molecule has 0 saturated heterocycles. The first-order valence-electron chi connectivity index (χ1n) is 6.11. The molecule has 0 amide bonds. The summed E-state index contributed by atoms with van der Waals surface area (Å²) >= 11 is 0. The van der Waals surface area contributed by atoms with Crippen molar-refractivity contribution in [2.45, 2.75) is 0 Å². The zero-order valence-electron chi connectivity index (χ0n) is 10.5. The maximum absolute atomic E-state index is 12.0. The van der Waals surface area contributed by atoms with Crippen molar-refractivity contribution in [3.63, 3.8) is 0 Å². The second-order valence-corrected chi connectivity index (χ2v) is 4.48. The van der Waals surface area contributed by atoms with Crippen LogP contribution in [-0.4, -0.2) is 16.1 Å². The Balaban J connectivity index is 2.14. The smallest absolute Gasteiger partial charge is 0.335 e. The van der Waals surface area contributed by atoms with Gasteiger partial charge in [-0.2, -0.15) is 0 Å². The van der Waals surface area contributed by atoms with Gasteiger partial charge in [0.2, 0.25) is 0 Å². The molecule has 0 fully saturated rings. The number of hydrogen-bond donors (Lipinski definition) is 2. The average Bonchev–Trinajstić information content (AvgIpc) is 2.47. The van der Waals surface area contributed by atoms with Crippen molar-refractivity contribution in [3.05, 3.63) is 70.5 Å². The van der Waals surface area contributed by atoms with Crippen LogP contribution in [0.3, 0.4) is 0 Å². The molecule has 0 saturated carbocycles. The molecule has 0 aliphatic rings. The third-order valence-electron chi connectivity index (χ3n) is 3.20. The van der Waals surface area contributed by atoms with Crippen LogP contribution in [0.5, 0.6) is 0 Å². The quantitative estimate of drug-likeness (QED) is 0.748. The molecular weight excluding hydrogens is 254 g/mol. The summed E-state index contributed by atoms with van der Waals surface area (Å²) in [5.41, 5.74) is 1.51. The number of carboxylic acid groups (broad SMARTS) is 1. The second-order valence-electron chi connectivity index (χ2n) is 4.48. The molecule has 1 heterocycles. The number of nitrogens with one attached hydrogen (secondary N) is 1. The Bertz CT molecular complexity index is 847. The highest BCUT2D eigenvalue weighted by molar-refractivity contribution is 5.89. The Kier molecular flexibility index (Phi) is 2.84. The van der Waals surface area contributed by atoms with Crippen LogP contribution in [0.15, 0.2) is 59.4 Å². The molecule has 3 aromatic rings. The monoisotopic (exact) mass is 265 g/mol. The van der Waals surface area contributed by atoms with Crippen molar-refractivity contribution in [3.8, 4) is 11.3 Å². The number of carbonyl (C=O) groups is 1. The first kappa shape index (κ1) is 12.2. The van der Waals surface area contributed by atoms with Gasteiger partial charge in [-0.15, -0.1) is 0 Å². The molecule has 4 nitrogen and oxygen atoms in total. The molecule has 98 valence electrons. The zero-order chi connectivity index (χ0) is 14.1. The third-order valence-corrected chi connectivity index (χ3v) is 3.20. The van der Waals surface area contributed by atoms with E-state index < -0.39 is 5.97 Å². The first-order chi connectivity index (χ1) is 9.65. The number of pyridine rings is 1. The second kappa shape index (κ2) is 4.66. The highest BCUT2D eigenvalue weighted by Gasteiger charge is 2.06. The lowest BCUT2D eigenvalue weighted by molar-refractivity contribution is 0.0697. The lowest BCUT2D eigenvalue weighted by Gasteiger charge is -2.04. The van der Waals surface area contributed by atoms with E-state index in [-0.39, 0.29) is 11.1 Å². The van der Waals surface area contributed by atoms with E-state index in [0.29, 0.717) is 11.1 Å². The van der Waals surface area contributed by atoms with Crippen LogP contribution in [0.25, 0.3) is 22.0 Å². The molecule has 0 atom stereocenters. The van der Waals surface area contributed by atoms with Crippen molar-refractivity contribution in [2.75, 3.05) is 0 Å². The molecule has 1 aromatic heterocycles. The molecule has 2 N–H and O–H groups in total. The summed E-state index contributed by atoms with van der Waals surface area (Å²) in [5, 5.41) is 10.4. The summed E-state index contributed by atoms with van der Waals surface area (Å²) in [5.74, 6) is -0.969. The molecule has 4 heteroatoms. The van der Waals surface area contributed by atoms with E-state index in [4.69, 9.17) is 5.11 Å². The van der Waals surface area contributed by atoms with E-state index in [1.807, 2.05) is 24.3 Å². The number of aromatic amines is 1. The van der Waals surface area contributed by atoms with Crippen molar-refractivity contribution < 1.29 is 9.90 Å². The minimum absolute atomic E-state index is 0.152. The summed E-state index contributed by atoms with van der Waals surface area (Å²) < 4.78 is 0. The maximum Gasteiger partial charge on any atom is 0.335 e. The van der Waals surface area contributed by atoms with Crippen LogP contribution in [-0.2, 0) is 0 Å². The standard InChI is InChI=1S/C16H11NO3/c18-15-13-4-2-1-3-12(13)9-14(17-15)10-5-7-11(8-6-10)16(19)20/h1-9H,(H,17,18)(H,19,20). The van der Waals surface area contributed by atoms with Crippen LogP contribution < -0.4 is 5.56 Å². The zero-order valence-corrected chi connectivity index (χ0v) is 10.5. The summed E-state index contributed by atoms with van der Waals surface area (Å²) in [6.07, 6.45) is 0. The molecule has 0 radical (unpaired) electrons. The van der Waals surface area contributed by atoms with Crippen LogP contribution in [0.1, 0.15) is 10.4 Å². The van der Waals surface area contributed by atoms with Crippen LogP contribution in [0.2, 0.25) is 0 Å². The Labute approximate surface area is 114 Å². The van der Waals surface area contributed by atoms with E-state index in [1.165, 1.54) is 12.1 Å². The summed E-state index contributed by atoms with van der Waals surface area (Å²) in [6, 6.07) is 15.6. The van der Waals surface area contributed by atoms with E-state index in [2.05, 4.69) is 4.98 Å². The van der Waals surface area contributed by atoms with Gasteiger partial charge in [-0.25, -0.2) is 4.79 Å². The fourth-order valence-electron chi connectivity index (χ4n) is 2.16. The van der Waals surface area contributed by atoms with Gasteiger partial charge in [-0.3, -0.25) is 4.79 Å². The van der Waals surface area contributed by atoms with Gasteiger partial charge in [0.25, 0.3) is 5.56 Å². The molecule has 0 spiro atoms. The predicted octanol–water partition coefficient (Wildman–Crippen LogP) is 2.89. The van der Waals surface area contributed by atoms with Crippen molar-refractivity contribution in [2.24, 2.45) is 0 Å². The molecule has 3 rings (SSSR count). The van der Waals surface area contributed by atoms with Gasteiger partial charge in [0, 0.05) is 11.1 Å². The lowest BCUT2D eigenvalue weighted by Crippen LogP contribution is -2.07. The summed E-state index contributed by atoms with van der Waals surface area (Å²) in [4.78, 5) is 25.6. The maximum atomic E-state index is 12.0. The van der Waals surface area contributed by atoms with E-state index in [9.17, 15) is 9.59 Å². The summed E-state index contributed by atoms with van der Waals surface area (Å²) in [6.45, 7) is 0. The highest BCUT2D eigenvalue weighted by atomic mass is 16.4. The average molecular weight is 265 g/mol. The number of H-pyrrole nitrogens is 1. The number of aromatic carboxylic acids is 1. The molecular formula is C16H11NO3. The van der Waals surface area contributed by atoms with Crippen LogP contribution in [0.4, 0.5) is 0 Å². The van der Waals surface area contributed by atoms with Gasteiger partial charge in [0.05, 0.1) is 5.56 Å². The van der Waals surface area contributed by atoms with Gasteiger partial charge >= 0.3 is 5.97 Å². The number of fused-ring (bicyclic) bond motifs is 1. The van der Waals surface area contributed by atoms with Crippen molar-refractivity contribution >= 4 is 16.7 Å². The SMILES string of the molecule is O=C(O)c1ccc(-c2cc3ccccc3c(=O)[nH]2)cc1. The predicted molar refractivity (Wildman–Crippen MR) is 77.0 cm³/mol. The minimum atomic E-state index is -0.969. The normalized spacial score (nSPS) is 10.6. The first-order valence-corrected chi connectivity index (χ1v) is 6.11.